The number of aliphatic hydroxyl groups excluding tert-OH is 1. The van der Waals surface area contributed by atoms with E-state index >= 15 is 0 Å². The number of aliphatic hydroxyl groups is 1. The Morgan fingerprint density at radius 1 is 1.28 bits per heavy atom. The Labute approximate surface area is 115 Å². The van der Waals surface area contributed by atoms with E-state index in [0.29, 0.717) is 27.4 Å². The van der Waals surface area contributed by atoms with Crippen molar-refractivity contribution in [1.29, 1.82) is 0 Å². The number of hydrogen-bond donors (Lipinski definition) is 1. The lowest BCUT2D eigenvalue weighted by molar-refractivity contribution is 0.275. The van der Waals surface area contributed by atoms with Gasteiger partial charge in [-0.25, -0.2) is 4.68 Å². The molecule has 96 valence electrons. The minimum atomic E-state index is -0.126. The highest BCUT2D eigenvalue weighted by Crippen LogP contribution is 2.30. The van der Waals surface area contributed by atoms with E-state index < -0.39 is 0 Å². The Bertz CT molecular complexity index is 561. The standard InChI is InChI=1S/C12H12Cl2N2O2/c1-7-11(6-17)15-16(2)12(7)18-10-4-8(13)3-9(14)5-10/h3-5,17H,6H2,1-2H3. The first-order chi connectivity index (χ1) is 8.51. The van der Waals surface area contributed by atoms with Crippen LogP contribution in [0.4, 0.5) is 0 Å². The van der Waals surface area contributed by atoms with Crippen molar-refractivity contribution in [3.8, 4) is 11.6 Å². The van der Waals surface area contributed by atoms with Crippen molar-refractivity contribution < 1.29 is 9.84 Å². The average molecular weight is 287 g/mol. The average Bonchev–Trinajstić information content (AvgIpc) is 2.55. The zero-order valence-electron chi connectivity index (χ0n) is 9.94. The molecule has 0 saturated carbocycles. The Morgan fingerprint density at radius 3 is 2.39 bits per heavy atom. The van der Waals surface area contributed by atoms with Crippen LogP contribution in [0.25, 0.3) is 0 Å². The van der Waals surface area contributed by atoms with Crippen molar-refractivity contribution in [2.24, 2.45) is 7.05 Å². The summed E-state index contributed by atoms with van der Waals surface area (Å²) in [5, 5.41) is 14.3. The first-order valence-corrected chi connectivity index (χ1v) is 6.04. The largest absolute Gasteiger partial charge is 0.439 e. The van der Waals surface area contributed by atoms with E-state index in [-0.39, 0.29) is 6.61 Å². The first kappa shape index (κ1) is 13.2. The molecule has 0 aliphatic heterocycles. The molecule has 0 aliphatic carbocycles. The van der Waals surface area contributed by atoms with Crippen LogP contribution in [0, 0.1) is 6.92 Å². The van der Waals surface area contributed by atoms with Crippen LogP contribution in [0.2, 0.25) is 10.0 Å². The second-order valence-corrected chi connectivity index (χ2v) is 4.74. The molecule has 1 aromatic carbocycles. The minimum Gasteiger partial charge on any atom is -0.439 e. The molecule has 1 heterocycles. The third-order valence-corrected chi connectivity index (χ3v) is 2.96. The van der Waals surface area contributed by atoms with E-state index in [2.05, 4.69) is 5.10 Å². The third kappa shape index (κ3) is 2.61. The molecule has 18 heavy (non-hydrogen) atoms. The van der Waals surface area contributed by atoms with Gasteiger partial charge in [0, 0.05) is 22.7 Å². The van der Waals surface area contributed by atoms with Crippen LogP contribution in [0.15, 0.2) is 18.2 Å². The first-order valence-electron chi connectivity index (χ1n) is 5.28. The van der Waals surface area contributed by atoms with Crippen LogP contribution in [0.5, 0.6) is 11.6 Å². The molecule has 0 atom stereocenters. The molecule has 0 aliphatic rings. The van der Waals surface area contributed by atoms with Crippen molar-refractivity contribution in [2.75, 3.05) is 0 Å². The van der Waals surface area contributed by atoms with Gasteiger partial charge in [-0.1, -0.05) is 23.2 Å². The molecule has 2 rings (SSSR count). The SMILES string of the molecule is Cc1c(CO)nn(C)c1Oc1cc(Cl)cc(Cl)c1. The molecule has 6 heteroatoms. The number of benzene rings is 1. The van der Waals surface area contributed by atoms with Gasteiger partial charge in [-0.3, -0.25) is 0 Å². The van der Waals surface area contributed by atoms with Gasteiger partial charge >= 0.3 is 0 Å². The molecule has 0 saturated heterocycles. The predicted molar refractivity (Wildman–Crippen MR) is 70.4 cm³/mol. The molecular formula is C12H12Cl2N2O2. The van der Waals surface area contributed by atoms with Gasteiger partial charge in [0.1, 0.15) is 5.75 Å². The number of nitrogens with zero attached hydrogens (tertiary/aromatic N) is 2. The molecule has 0 fully saturated rings. The summed E-state index contributed by atoms with van der Waals surface area (Å²) in [5.41, 5.74) is 1.37. The second kappa shape index (κ2) is 5.18. The molecular weight excluding hydrogens is 275 g/mol. The molecule has 0 bridgehead atoms. The summed E-state index contributed by atoms with van der Waals surface area (Å²) in [7, 11) is 1.74. The second-order valence-electron chi connectivity index (χ2n) is 3.87. The number of halogens is 2. The Balaban J connectivity index is 2.36. The zero-order valence-corrected chi connectivity index (χ0v) is 11.5. The Morgan fingerprint density at radius 2 is 1.89 bits per heavy atom. The van der Waals surface area contributed by atoms with Crippen LogP contribution in [-0.2, 0) is 13.7 Å². The lowest BCUT2D eigenvalue weighted by atomic mass is 10.3. The highest BCUT2D eigenvalue weighted by molar-refractivity contribution is 6.34. The van der Waals surface area contributed by atoms with Crippen molar-refractivity contribution in [2.45, 2.75) is 13.5 Å². The number of aryl methyl sites for hydroxylation is 1. The lowest BCUT2D eigenvalue weighted by Crippen LogP contribution is -1.96. The number of ether oxygens (including phenoxy) is 1. The summed E-state index contributed by atoms with van der Waals surface area (Å²) in [5.74, 6) is 1.08. The molecule has 2 aromatic rings. The summed E-state index contributed by atoms with van der Waals surface area (Å²) in [6.45, 7) is 1.71. The summed E-state index contributed by atoms with van der Waals surface area (Å²) < 4.78 is 7.27. The van der Waals surface area contributed by atoms with Crippen LogP contribution in [-0.4, -0.2) is 14.9 Å². The smallest absolute Gasteiger partial charge is 0.220 e. The molecule has 1 aromatic heterocycles. The highest BCUT2D eigenvalue weighted by atomic mass is 35.5. The van der Waals surface area contributed by atoms with Gasteiger partial charge in [-0.15, -0.1) is 0 Å². The summed E-state index contributed by atoms with van der Waals surface area (Å²) in [6, 6.07) is 4.96. The number of rotatable bonds is 3. The molecule has 0 amide bonds. The van der Waals surface area contributed by atoms with Gasteiger partial charge < -0.3 is 9.84 Å². The minimum absolute atomic E-state index is 0.126. The van der Waals surface area contributed by atoms with Gasteiger partial charge in [0.15, 0.2) is 0 Å². The fraction of sp³-hybridized carbons (Fsp3) is 0.250. The molecule has 0 radical (unpaired) electrons. The van der Waals surface area contributed by atoms with E-state index in [1.165, 1.54) is 0 Å². The van der Waals surface area contributed by atoms with Gasteiger partial charge in [0.25, 0.3) is 0 Å². The van der Waals surface area contributed by atoms with E-state index in [1.54, 1.807) is 29.9 Å². The summed E-state index contributed by atoms with van der Waals surface area (Å²) >= 11 is 11.8. The normalized spacial score (nSPS) is 10.7. The van der Waals surface area contributed by atoms with Crippen molar-refractivity contribution in [3.05, 3.63) is 39.5 Å². The van der Waals surface area contributed by atoms with Gasteiger partial charge in [-0.05, 0) is 25.1 Å². The Hall–Kier alpha value is -1.23. The van der Waals surface area contributed by atoms with Gasteiger partial charge in [0.05, 0.1) is 12.3 Å². The highest BCUT2D eigenvalue weighted by Gasteiger charge is 2.14. The van der Waals surface area contributed by atoms with Crippen LogP contribution < -0.4 is 4.74 Å². The van der Waals surface area contributed by atoms with Crippen LogP contribution in [0.3, 0.4) is 0 Å². The van der Waals surface area contributed by atoms with Gasteiger partial charge in [-0.2, -0.15) is 5.10 Å². The van der Waals surface area contributed by atoms with E-state index in [4.69, 9.17) is 33.0 Å². The molecule has 1 N–H and O–H groups in total. The maximum absolute atomic E-state index is 9.14. The van der Waals surface area contributed by atoms with Crippen molar-refractivity contribution in [3.63, 3.8) is 0 Å². The zero-order chi connectivity index (χ0) is 13.3. The van der Waals surface area contributed by atoms with Gasteiger partial charge in [0.2, 0.25) is 5.88 Å². The van der Waals surface area contributed by atoms with Crippen LogP contribution in [0.1, 0.15) is 11.3 Å². The van der Waals surface area contributed by atoms with E-state index in [0.717, 1.165) is 5.56 Å². The number of hydrogen-bond acceptors (Lipinski definition) is 3. The fourth-order valence-electron chi connectivity index (χ4n) is 1.66. The Kier molecular flexibility index (Phi) is 3.80. The maximum Gasteiger partial charge on any atom is 0.220 e. The maximum atomic E-state index is 9.14. The van der Waals surface area contributed by atoms with Crippen molar-refractivity contribution >= 4 is 23.2 Å². The molecule has 4 nitrogen and oxygen atoms in total. The predicted octanol–water partition coefficient (Wildman–Crippen LogP) is 3.32. The molecule has 0 unspecified atom stereocenters. The summed E-state index contributed by atoms with van der Waals surface area (Å²) in [4.78, 5) is 0. The van der Waals surface area contributed by atoms with E-state index in [9.17, 15) is 0 Å². The third-order valence-electron chi connectivity index (χ3n) is 2.52. The lowest BCUT2D eigenvalue weighted by Gasteiger charge is -2.07. The summed E-state index contributed by atoms with van der Waals surface area (Å²) in [6.07, 6.45) is 0. The monoisotopic (exact) mass is 286 g/mol. The number of aromatic nitrogens is 2. The van der Waals surface area contributed by atoms with Crippen LogP contribution >= 0.6 is 23.2 Å². The topological polar surface area (TPSA) is 47.3 Å². The quantitative estimate of drug-likeness (QED) is 0.942. The fourth-order valence-corrected chi connectivity index (χ4v) is 2.17. The van der Waals surface area contributed by atoms with Crippen molar-refractivity contribution in [1.82, 2.24) is 9.78 Å². The van der Waals surface area contributed by atoms with E-state index in [1.807, 2.05) is 6.92 Å². The molecule has 0 spiro atoms.